The van der Waals surface area contributed by atoms with Gasteiger partial charge >= 0.3 is 5.97 Å². The number of ether oxygens (including phenoxy) is 4. The highest BCUT2D eigenvalue weighted by molar-refractivity contribution is 6.30. The van der Waals surface area contributed by atoms with Crippen LogP contribution in [-0.2, 0) is 9.53 Å². The maximum absolute atomic E-state index is 11.7. The van der Waals surface area contributed by atoms with Crippen LogP contribution in [0.15, 0.2) is 66.7 Å². The van der Waals surface area contributed by atoms with E-state index in [1.807, 2.05) is 36.4 Å². The van der Waals surface area contributed by atoms with E-state index in [4.69, 9.17) is 30.5 Å². The SMILES string of the molecule is CCC(NCC(O)c1cccc(Oc2ccc(Cl)cc2)c1)c1ccc2c(c1)OCC(C(=O)OC)O2. The summed E-state index contributed by atoms with van der Waals surface area (Å²) in [5.41, 5.74) is 1.74. The van der Waals surface area contributed by atoms with E-state index in [0.29, 0.717) is 34.6 Å². The number of benzene rings is 3. The zero-order valence-electron chi connectivity index (χ0n) is 19.6. The van der Waals surface area contributed by atoms with Crippen molar-refractivity contribution in [2.75, 3.05) is 20.3 Å². The average molecular weight is 498 g/mol. The van der Waals surface area contributed by atoms with Gasteiger partial charge in [-0.1, -0.05) is 36.7 Å². The quantitative estimate of drug-likeness (QED) is 0.392. The molecule has 1 aliphatic rings. The van der Waals surface area contributed by atoms with Gasteiger partial charge in [0.25, 0.3) is 0 Å². The third kappa shape index (κ3) is 6.25. The topological polar surface area (TPSA) is 86.2 Å². The number of fused-ring (bicyclic) bond motifs is 1. The van der Waals surface area contributed by atoms with Crippen LogP contribution in [-0.4, -0.2) is 37.4 Å². The van der Waals surface area contributed by atoms with Crippen LogP contribution < -0.4 is 19.5 Å². The average Bonchev–Trinajstić information content (AvgIpc) is 2.89. The van der Waals surface area contributed by atoms with Gasteiger partial charge in [0.2, 0.25) is 6.10 Å². The first kappa shape index (κ1) is 24.9. The predicted molar refractivity (Wildman–Crippen MR) is 132 cm³/mol. The lowest BCUT2D eigenvalue weighted by Gasteiger charge is -2.26. The molecule has 7 nitrogen and oxygen atoms in total. The molecule has 0 amide bonds. The molecule has 0 spiro atoms. The maximum Gasteiger partial charge on any atom is 0.350 e. The summed E-state index contributed by atoms with van der Waals surface area (Å²) in [6.45, 7) is 2.51. The Kier molecular flexibility index (Phi) is 8.13. The van der Waals surface area contributed by atoms with Gasteiger partial charge in [-0.15, -0.1) is 0 Å². The number of hydrogen-bond donors (Lipinski definition) is 2. The number of aliphatic hydroxyl groups excluding tert-OH is 1. The summed E-state index contributed by atoms with van der Waals surface area (Å²) >= 11 is 5.93. The van der Waals surface area contributed by atoms with Gasteiger partial charge in [0, 0.05) is 17.6 Å². The van der Waals surface area contributed by atoms with Crippen LogP contribution in [0.25, 0.3) is 0 Å². The van der Waals surface area contributed by atoms with Crippen molar-refractivity contribution in [3.63, 3.8) is 0 Å². The number of carbonyl (C=O) groups is 1. The number of halogens is 1. The standard InChI is InChI=1S/C27H28ClNO6/c1-3-22(17-7-12-24-25(14-17)33-16-26(35-24)27(31)32-2)29-15-23(30)18-5-4-6-21(13-18)34-20-10-8-19(28)9-11-20/h4-14,22-23,26,29-30H,3,15-16H2,1-2H3. The maximum atomic E-state index is 11.7. The lowest BCUT2D eigenvalue weighted by atomic mass is 10.0. The Labute approximate surface area is 209 Å². The van der Waals surface area contributed by atoms with Crippen molar-refractivity contribution in [3.8, 4) is 23.0 Å². The second-order valence-corrected chi connectivity index (χ2v) is 8.60. The van der Waals surface area contributed by atoms with Crippen molar-refractivity contribution in [1.29, 1.82) is 0 Å². The molecule has 3 atom stereocenters. The molecule has 0 fully saturated rings. The van der Waals surface area contributed by atoms with Crippen molar-refractivity contribution in [3.05, 3.63) is 82.9 Å². The molecule has 3 aromatic carbocycles. The van der Waals surface area contributed by atoms with Gasteiger partial charge in [-0.05, 0) is 66.1 Å². The third-order valence-corrected chi connectivity index (χ3v) is 6.00. The van der Waals surface area contributed by atoms with E-state index < -0.39 is 18.2 Å². The van der Waals surface area contributed by atoms with Crippen molar-refractivity contribution >= 4 is 17.6 Å². The van der Waals surface area contributed by atoms with Crippen LogP contribution in [0, 0.1) is 0 Å². The molecule has 3 aromatic rings. The Morgan fingerprint density at radius 3 is 2.63 bits per heavy atom. The first-order valence-electron chi connectivity index (χ1n) is 11.4. The first-order chi connectivity index (χ1) is 17.0. The fourth-order valence-corrected chi connectivity index (χ4v) is 3.97. The van der Waals surface area contributed by atoms with Gasteiger partial charge in [-0.2, -0.15) is 0 Å². The molecule has 2 N–H and O–H groups in total. The molecule has 184 valence electrons. The molecule has 0 saturated carbocycles. The highest BCUT2D eigenvalue weighted by Crippen LogP contribution is 2.35. The van der Waals surface area contributed by atoms with Crippen molar-refractivity contribution in [2.24, 2.45) is 0 Å². The van der Waals surface area contributed by atoms with E-state index >= 15 is 0 Å². The molecule has 0 aromatic heterocycles. The van der Waals surface area contributed by atoms with Gasteiger partial charge in [0.1, 0.15) is 18.1 Å². The Morgan fingerprint density at radius 2 is 1.89 bits per heavy atom. The van der Waals surface area contributed by atoms with Crippen LogP contribution >= 0.6 is 11.6 Å². The van der Waals surface area contributed by atoms with Gasteiger partial charge in [0.15, 0.2) is 11.5 Å². The van der Waals surface area contributed by atoms with Crippen molar-refractivity contribution in [2.45, 2.75) is 31.6 Å². The summed E-state index contributed by atoms with van der Waals surface area (Å²) in [5.74, 6) is 1.91. The monoisotopic (exact) mass is 497 g/mol. The fraction of sp³-hybridized carbons (Fsp3) is 0.296. The minimum atomic E-state index is -0.770. The van der Waals surface area contributed by atoms with Crippen LogP contribution in [0.3, 0.4) is 0 Å². The zero-order chi connectivity index (χ0) is 24.8. The summed E-state index contributed by atoms with van der Waals surface area (Å²) in [7, 11) is 1.32. The van der Waals surface area contributed by atoms with Crippen LogP contribution in [0.1, 0.15) is 36.6 Å². The van der Waals surface area contributed by atoms with E-state index in [0.717, 1.165) is 17.5 Å². The van der Waals surface area contributed by atoms with Crippen LogP contribution in [0.5, 0.6) is 23.0 Å². The van der Waals surface area contributed by atoms with Gasteiger partial charge in [-0.3, -0.25) is 0 Å². The Hall–Kier alpha value is -3.26. The highest BCUT2D eigenvalue weighted by atomic mass is 35.5. The third-order valence-electron chi connectivity index (χ3n) is 5.75. The summed E-state index contributed by atoms with van der Waals surface area (Å²) in [6.07, 6.45) is -0.694. The molecular formula is C27H28ClNO6. The highest BCUT2D eigenvalue weighted by Gasteiger charge is 2.28. The van der Waals surface area contributed by atoms with E-state index in [9.17, 15) is 9.90 Å². The molecule has 0 saturated heterocycles. The second-order valence-electron chi connectivity index (χ2n) is 8.16. The number of aliphatic hydroxyl groups is 1. The zero-order valence-corrected chi connectivity index (χ0v) is 20.3. The number of nitrogens with one attached hydrogen (secondary N) is 1. The first-order valence-corrected chi connectivity index (χ1v) is 11.8. The predicted octanol–water partition coefficient (Wildman–Crippen LogP) is 5.22. The molecular weight excluding hydrogens is 470 g/mol. The fourth-order valence-electron chi connectivity index (χ4n) is 3.85. The molecule has 0 bridgehead atoms. The minimum absolute atomic E-state index is 0.00891. The molecule has 0 radical (unpaired) electrons. The molecule has 1 heterocycles. The Balaban J connectivity index is 1.38. The van der Waals surface area contributed by atoms with Gasteiger partial charge in [0.05, 0.1) is 13.2 Å². The van der Waals surface area contributed by atoms with Crippen molar-refractivity contribution < 1.29 is 28.8 Å². The summed E-state index contributed by atoms with van der Waals surface area (Å²) in [5, 5.41) is 14.9. The number of carbonyl (C=O) groups excluding carboxylic acids is 1. The van der Waals surface area contributed by atoms with E-state index in [1.54, 1.807) is 30.3 Å². The number of rotatable bonds is 9. The van der Waals surface area contributed by atoms with Crippen molar-refractivity contribution in [1.82, 2.24) is 5.32 Å². The second kappa shape index (κ2) is 11.4. The lowest BCUT2D eigenvalue weighted by Crippen LogP contribution is -2.37. The molecule has 35 heavy (non-hydrogen) atoms. The summed E-state index contributed by atoms with van der Waals surface area (Å²) in [6, 6.07) is 20.1. The van der Waals surface area contributed by atoms with Gasteiger partial charge < -0.3 is 29.4 Å². The largest absolute Gasteiger partial charge is 0.485 e. The minimum Gasteiger partial charge on any atom is -0.485 e. The van der Waals surface area contributed by atoms with Crippen LogP contribution in [0.2, 0.25) is 5.02 Å². The van der Waals surface area contributed by atoms with E-state index in [-0.39, 0.29) is 12.6 Å². The summed E-state index contributed by atoms with van der Waals surface area (Å²) in [4.78, 5) is 11.7. The smallest absolute Gasteiger partial charge is 0.350 e. The van der Waals surface area contributed by atoms with Gasteiger partial charge in [-0.25, -0.2) is 4.79 Å². The Bertz CT molecular complexity index is 1150. The number of esters is 1. The molecule has 1 aliphatic heterocycles. The normalized spacial score (nSPS) is 16.3. The van der Waals surface area contributed by atoms with E-state index in [2.05, 4.69) is 12.2 Å². The number of methoxy groups -OCH3 is 1. The Morgan fingerprint density at radius 1 is 1.09 bits per heavy atom. The van der Waals surface area contributed by atoms with E-state index in [1.165, 1.54) is 7.11 Å². The lowest BCUT2D eigenvalue weighted by molar-refractivity contribution is -0.151. The molecule has 8 heteroatoms. The molecule has 0 aliphatic carbocycles. The molecule has 3 unspecified atom stereocenters. The number of hydrogen-bond acceptors (Lipinski definition) is 7. The summed E-state index contributed by atoms with van der Waals surface area (Å²) < 4.78 is 22.0. The van der Waals surface area contributed by atoms with Crippen LogP contribution in [0.4, 0.5) is 0 Å². The molecule has 4 rings (SSSR count).